The van der Waals surface area contributed by atoms with Crippen molar-refractivity contribution in [2.45, 2.75) is 37.6 Å². The van der Waals surface area contributed by atoms with Crippen molar-refractivity contribution in [1.82, 2.24) is 4.31 Å². The van der Waals surface area contributed by atoms with E-state index in [1.54, 1.807) is 19.9 Å². The van der Waals surface area contributed by atoms with Gasteiger partial charge in [-0.3, -0.25) is 10.1 Å². The summed E-state index contributed by atoms with van der Waals surface area (Å²) in [6.45, 7) is 3.91. The molecule has 1 unspecified atom stereocenters. The van der Waals surface area contributed by atoms with Gasteiger partial charge in [0.05, 0.1) is 9.82 Å². The minimum Gasteiger partial charge on any atom is -0.329 e. The number of nitro groups is 1. The van der Waals surface area contributed by atoms with Crippen LogP contribution in [-0.2, 0) is 10.0 Å². The van der Waals surface area contributed by atoms with Gasteiger partial charge in [-0.05, 0) is 38.3 Å². The third-order valence-electron chi connectivity index (χ3n) is 3.87. The summed E-state index contributed by atoms with van der Waals surface area (Å²) < 4.78 is 26.9. The molecule has 116 valence electrons. The molecule has 2 N–H and O–H groups in total. The first kappa shape index (κ1) is 15.9. The van der Waals surface area contributed by atoms with Crippen molar-refractivity contribution in [3.8, 4) is 0 Å². The topological polar surface area (TPSA) is 107 Å². The van der Waals surface area contributed by atoms with Gasteiger partial charge in [0.2, 0.25) is 10.0 Å². The van der Waals surface area contributed by atoms with E-state index in [-0.39, 0.29) is 23.2 Å². The van der Waals surface area contributed by atoms with Gasteiger partial charge < -0.3 is 5.73 Å². The minimum atomic E-state index is -3.75. The van der Waals surface area contributed by atoms with Gasteiger partial charge in [-0.2, -0.15) is 4.31 Å². The highest BCUT2D eigenvalue weighted by Crippen LogP contribution is 2.31. The Morgan fingerprint density at radius 2 is 2.05 bits per heavy atom. The molecule has 1 heterocycles. The molecular formula is C13H19N3O4S. The van der Waals surface area contributed by atoms with Crippen LogP contribution in [0.5, 0.6) is 0 Å². The molecule has 21 heavy (non-hydrogen) atoms. The van der Waals surface area contributed by atoms with Gasteiger partial charge in [0.1, 0.15) is 0 Å². The first-order valence-corrected chi connectivity index (χ1v) is 8.20. The summed E-state index contributed by atoms with van der Waals surface area (Å²) in [4.78, 5) is 10.5. The van der Waals surface area contributed by atoms with Crippen LogP contribution in [0.4, 0.5) is 5.69 Å². The fourth-order valence-corrected chi connectivity index (χ4v) is 4.72. The molecule has 1 atom stereocenters. The third kappa shape index (κ3) is 2.78. The number of rotatable bonds is 4. The average Bonchev–Trinajstić information content (AvgIpc) is 2.86. The Labute approximate surface area is 123 Å². The molecule has 1 aliphatic rings. The van der Waals surface area contributed by atoms with Crippen molar-refractivity contribution in [1.29, 1.82) is 0 Å². The zero-order chi connectivity index (χ0) is 15.8. The van der Waals surface area contributed by atoms with Crippen molar-refractivity contribution in [2.24, 2.45) is 5.73 Å². The fourth-order valence-electron chi connectivity index (χ4n) is 2.78. The van der Waals surface area contributed by atoms with E-state index < -0.39 is 14.9 Å². The van der Waals surface area contributed by atoms with Crippen LogP contribution in [0, 0.1) is 24.0 Å². The van der Waals surface area contributed by atoms with Crippen LogP contribution >= 0.6 is 0 Å². The Kier molecular flexibility index (Phi) is 4.31. The van der Waals surface area contributed by atoms with Crippen LogP contribution in [0.1, 0.15) is 24.0 Å². The van der Waals surface area contributed by atoms with E-state index in [1.165, 1.54) is 4.31 Å². The van der Waals surface area contributed by atoms with E-state index in [1.807, 2.05) is 0 Å². The molecule has 1 fully saturated rings. The Hall–Kier alpha value is -1.51. The van der Waals surface area contributed by atoms with Crippen molar-refractivity contribution in [3.63, 3.8) is 0 Å². The monoisotopic (exact) mass is 313 g/mol. The smallest absolute Gasteiger partial charge is 0.273 e. The molecule has 2 rings (SSSR count). The highest BCUT2D eigenvalue weighted by atomic mass is 32.2. The number of nitro benzene ring substituents is 1. The summed E-state index contributed by atoms with van der Waals surface area (Å²) in [7, 11) is -3.75. The second kappa shape index (κ2) is 5.70. The van der Waals surface area contributed by atoms with E-state index in [4.69, 9.17) is 5.73 Å². The number of sulfonamides is 1. The van der Waals surface area contributed by atoms with Crippen LogP contribution in [0.15, 0.2) is 17.0 Å². The second-order valence-electron chi connectivity index (χ2n) is 5.31. The van der Waals surface area contributed by atoms with Crippen LogP contribution in [0.2, 0.25) is 0 Å². The maximum Gasteiger partial charge on any atom is 0.273 e. The maximum atomic E-state index is 12.8. The van der Waals surface area contributed by atoms with E-state index in [0.29, 0.717) is 17.7 Å². The largest absolute Gasteiger partial charge is 0.329 e. The highest BCUT2D eigenvalue weighted by Gasteiger charge is 2.36. The zero-order valence-corrected chi connectivity index (χ0v) is 12.9. The summed E-state index contributed by atoms with van der Waals surface area (Å²) in [5.74, 6) is 0. The minimum absolute atomic E-state index is 0.000139. The van der Waals surface area contributed by atoms with Crippen LogP contribution < -0.4 is 5.73 Å². The molecule has 0 aliphatic carbocycles. The Morgan fingerprint density at radius 1 is 1.38 bits per heavy atom. The number of benzene rings is 1. The zero-order valence-electron chi connectivity index (χ0n) is 12.1. The number of nitrogens with two attached hydrogens (primary N) is 1. The van der Waals surface area contributed by atoms with E-state index in [9.17, 15) is 18.5 Å². The molecule has 0 radical (unpaired) electrons. The molecule has 7 nitrogen and oxygen atoms in total. The van der Waals surface area contributed by atoms with Crippen LogP contribution in [-0.4, -0.2) is 36.8 Å². The van der Waals surface area contributed by atoms with Gasteiger partial charge in [-0.1, -0.05) is 0 Å². The predicted octanol–water partition coefficient (Wildman–Crippen LogP) is 1.32. The lowest BCUT2D eigenvalue weighted by atomic mass is 10.1. The lowest BCUT2D eigenvalue weighted by Gasteiger charge is -2.23. The Morgan fingerprint density at radius 3 is 2.62 bits per heavy atom. The molecule has 0 spiro atoms. The highest BCUT2D eigenvalue weighted by molar-refractivity contribution is 7.89. The van der Waals surface area contributed by atoms with Crippen LogP contribution in [0.3, 0.4) is 0 Å². The summed E-state index contributed by atoms with van der Waals surface area (Å²) in [5.41, 5.74) is 6.41. The van der Waals surface area contributed by atoms with E-state index in [2.05, 4.69) is 0 Å². The number of hydrogen-bond donors (Lipinski definition) is 1. The standard InChI is InChI=1S/C13H19N3O4S/c1-9-6-10(2)13(7-12(9)16(17)18)21(19,20)15-5-3-4-11(15)8-14/h6-7,11H,3-5,8,14H2,1-2H3. The van der Waals surface area contributed by atoms with Gasteiger partial charge in [0.25, 0.3) is 5.69 Å². The first-order chi connectivity index (χ1) is 9.78. The number of hydrogen-bond acceptors (Lipinski definition) is 5. The molecule has 0 amide bonds. The maximum absolute atomic E-state index is 12.8. The molecule has 1 aromatic rings. The molecular weight excluding hydrogens is 294 g/mol. The molecule has 0 aromatic heterocycles. The quantitative estimate of drug-likeness (QED) is 0.666. The van der Waals surface area contributed by atoms with Crippen molar-refractivity contribution in [2.75, 3.05) is 13.1 Å². The molecule has 1 aliphatic heterocycles. The van der Waals surface area contributed by atoms with Gasteiger partial charge in [-0.25, -0.2) is 8.42 Å². The Balaban J connectivity index is 2.54. The summed E-state index contributed by atoms with van der Waals surface area (Å²) in [5, 5.41) is 11.0. The molecule has 1 saturated heterocycles. The first-order valence-electron chi connectivity index (χ1n) is 6.76. The number of nitrogens with zero attached hydrogens (tertiary/aromatic N) is 2. The number of aryl methyl sites for hydroxylation is 2. The summed E-state index contributed by atoms with van der Waals surface area (Å²) in [6.07, 6.45) is 1.48. The molecule has 1 aromatic carbocycles. The predicted molar refractivity (Wildman–Crippen MR) is 78.5 cm³/mol. The lowest BCUT2D eigenvalue weighted by molar-refractivity contribution is -0.385. The van der Waals surface area contributed by atoms with Crippen LogP contribution in [0.25, 0.3) is 0 Å². The average molecular weight is 313 g/mol. The van der Waals surface area contributed by atoms with E-state index in [0.717, 1.165) is 18.9 Å². The lowest BCUT2D eigenvalue weighted by Crippen LogP contribution is -2.40. The SMILES string of the molecule is Cc1cc(C)c(S(=O)(=O)N2CCCC2CN)cc1[N+](=O)[O-]. The van der Waals surface area contributed by atoms with Crippen molar-refractivity contribution < 1.29 is 13.3 Å². The van der Waals surface area contributed by atoms with Gasteiger partial charge in [0, 0.05) is 30.8 Å². The van der Waals surface area contributed by atoms with Crippen molar-refractivity contribution in [3.05, 3.63) is 33.4 Å². The third-order valence-corrected chi connectivity index (χ3v) is 5.97. The van der Waals surface area contributed by atoms with Gasteiger partial charge >= 0.3 is 0 Å². The molecule has 0 bridgehead atoms. The fraction of sp³-hybridized carbons (Fsp3) is 0.538. The van der Waals surface area contributed by atoms with Gasteiger partial charge in [0.15, 0.2) is 0 Å². The molecule has 8 heteroatoms. The van der Waals surface area contributed by atoms with Crippen molar-refractivity contribution >= 4 is 15.7 Å². The van der Waals surface area contributed by atoms with E-state index >= 15 is 0 Å². The Bertz CT molecular complexity index is 672. The van der Waals surface area contributed by atoms with Gasteiger partial charge in [-0.15, -0.1) is 0 Å². The normalized spacial score (nSPS) is 19.9. The molecule has 0 saturated carbocycles. The summed E-state index contributed by atoms with van der Waals surface area (Å²) >= 11 is 0. The second-order valence-corrected chi connectivity index (χ2v) is 7.17. The summed E-state index contributed by atoms with van der Waals surface area (Å²) in [6, 6.07) is 2.47.